The first-order valence-corrected chi connectivity index (χ1v) is 5.11. The van der Waals surface area contributed by atoms with Crippen molar-refractivity contribution in [3.8, 4) is 11.5 Å². The highest BCUT2D eigenvalue weighted by molar-refractivity contribution is 5.38. The topological polar surface area (TPSA) is 44.5 Å². The van der Waals surface area contributed by atoms with Crippen LogP contribution >= 0.6 is 0 Å². The van der Waals surface area contributed by atoms with Crippen LogP contribution in [-0.4, -0.2) is 20.8 Å². The highest BCUT2D eigenvalue weighted by Gasteiger charge is 2.05. The van der Waals surface area contributed by atoms with E-state index < -0.39 is 0 Å². The molecule has 0 aliphatic heterocycles. The van der Waals surface area contributed by atoms with Gasteiger partial charge in [-0.3, -0.25) is 0 Å². The van der Waals surface area contributed by atoms with Crippen molar-refractivity contribution in [3.63, 3.8) is 0 Å². The van der Waals surface area contributed by atoms with Crippen LogP contribution in [0.1, 0.15) is 12.5 Å². The van der Waals surface area contributed by atoms with Gasteiger partial charge in [-0.05, 0) is 36.6 Å². The molecule has 1 aromatic rings. The number of rotatable bonds is 5. The van der Waals surface area contributed by atoms with Crippen molar-refractivity contribution in [2.24, 2.45) is 11.7 Å². The fraction of sp³-hybridized carbons (Fsp3) is 0.500. The van der Waals surface area contributed by atoms with Crippen molar-refractivity contribution in [2.45, 2.75) is 13.3 Å². The smallest absolute Gasteiger partial charge is 0.122 e. The predicted octanol–water partition coefficient (Wildman–Crippen LogP) is 1.84. The SMILES string of the molecule is COc1cc(CC(C)CN)cc(OC)c1. The van der Waals surface area contributed by atoms with Crippen molar-refractivity contribution in [1.29, 1.82) is 0 Å². The number of hydrogen-bond donors (Lipinski definition) is 1. The van der Waals surface area contributed by atoms with Gasteiger partial charge in [-0.15, -0.1) is 0 Å². The zero-order chi connectivity index (χ0) is 11.3. The fourth-order valence-corrected chi connectivity index (χ4v) is 1.47. The minimum absolute atomic E-state index is 0.474. The summed E-state index contributed by atoms with van der Waals surface area (Å²) < 4.78 is 10.4. The predicted molar refractivity (Wildman–Crippen MR) is 61.5 cm³/mol. The number of methoxy groups -OCH3 is 2. The van der Waals surface area contributed by atoms with Gasteiger partial charge in [0, 0.05) is 6.07 Å². The number of ether oxygens (including phenoxy) is 2. The maximum absolute atomic E-state index is 5.60. The molecule has 1 atom stereocenters. The van der Waals surface area contributed by atoms with Crippen LogP contribution in [-0.2, 0) is 6.42 Å². The molecule has 0 saturated heterocycles. The summed E-state index contributed by atoms with van der Waals surface area (Å²) in [7, 11) is 3.32. The van der Waals surface area contributed by atoms with Gasteiger partial charge in [0.15, 0.2) is 0 Å². The summed E-state index contributed by atoms with van der Waals surface area (Å²) in [5.74, 6) is 2.13. The second-order valence-corrected chi connectivity index (χ2v) is 3.77. The van der Waals surface area contributed by atoms with Crippen LogP contribution in [0.3, 0.4) is 0 Å². The average molecular weight is 209 g/mol. The van der Waals surface area contributed by atoms with Gasteiger partial charge in [-0.1, -0.05) is 6.92 Å². The molecule has 15 heavy (non-hydrogen) atoms. The van der Waals surface area contributed by atoms with Gasteiger partial charge >= 0.3 is 0 Å². The van der Waals surface area contributed by atoms with E-state index in [9.17, 15) is 0 Å². The molecule has 0 heterocycles. The molecule has 0 amide bonds. The Balaban J connectivity index is 2.86. The summed E-state index contributed by atoms with van der Waals surface area (Å²) in [5, 5.41) is 0. The number of hydrogen-bond acceptors (Lipinski definition) is 3. The molecular formula is C12H19NO2. The van der Waals surface area contributed by atoms with Crippen molar-refractivity contribution in [2.75, 3.05) is 20.8 Å². The summed E-state index contributed by atoms with van der Waals surface area (Å²) in [6.07, 6.45) is 0.948. The normalized spacial score (nSPS) is 12.3. The lowest BCUT2D eigenvalue weighted by Gasteiger charge is -2.11. The first-order valence-electron chi connectivity index (χ1n) is 5.11. The zero-order valence-electron chi connectivity index (χ0n) is 9.62. The van der Waals surface area contributed by atoms with E-state index in [1.807, 2.05) is 18.2 Å². The monoisotopic (exact) mass is 209 g/mol. The molecule has 2 N–H and O–H groups in total. The Hall–Kier alpha value is -1.22. The molecule has 0 radical (unpaired) electrons. The van der Waals surface area contributed by atoms with Crippen LogP contribution in [0.2, 0.25) is 0 Å². The summed E-state index contributed by atoms with van der Waals surface area (Å²) in [4.78, 5) is 0. The molecule has 1 aromatic carbocycles. The Morgan fingerprint density at radius 2 is 1.67 bits per heavy atom. The minimum atomic E-state index is 0.474. The molecule has 84 valence electrons. The first-order chi connectivity index (χ1) is 7.19. The van der Waals surface area contributed by atoms with Gasteiger partial charge in [0.2, 0.25) is 0 Å². The minimum Gasteiger partial charge on any atom is -0.497 e. The quantitative estimate of drug-likeness (QED) is 0.804. The Labute approximate surface area is 91.2 Å². The van der Waals surface area contributed by atoms with E-state index in [0.717, 1.165) is 17.9 Å². The second kappa shape index (κ2) is 5.61. The molecule has 0 spiro atoms. The van der Waals surface area contributed by atoms with Crippen molar-refractivity contribution in [3.05, 3.63) is 23.8 Å². The van der Waals surface area contributed by atoms with Gasteiger partial charge in [-0.25, -0.2) is 0 Å². The maximum atomic E-state index is 5.60. The van der Waals surface area contributed by atoms with E-state index >= 15 is 0 Å². The van der Waals surface area contributed by atoms with Crippen LogP contribution in [0.5, 0.6) is 11.5 Å². The Morgan fingerprint density at radius 1 is 1.13 bits per heavy atom. The van der Waals surface area contributed by atoms with Crippen LogP contribution < -0.4 is 15.2 Å². The number of benzene rings is 1. The number of nitrogens with two attached hydrogens (primary N) is 1. The van der Waals surface area contributed by atoms with Gasteiger partial charge in [-0.2, -0.15) is 0 Å². The van der Waals surface area contributed by atoms with E-state index in [-0.39, 0.29) is 0 Å². The van der Waals surface area contributed by atoms with Crippen molar-refractivity contribution < 1.29 is 9.47 Å². The maximum Gasteiger partial charge on any atom is 0.122 e. The van der Waals surface area contributed by atoms with Crippen molar-refractivity contribution >= 4 is 0 Å². The van der Waals surface area contributed by atoms with E-state index in [1.165, 1.54) is 5.56 Å². The molecule has 0 bridgehead atoms. The van der Waals surface area contributed by atoms with Crippen molar-refractivity contribution in [1.82, 2.24) is 0 Å². The molecule has 3 nitrogen and oxygen atoms in total. The Kier molecular flexibility index (Phi) is 4.43. The molecule has 0 fully saturated rings. The lowest BCUT2D eigenvalue weighted by molar-refractivity contribution is 0.392. The van der Waals surface area contributed by atoms with Crippen LogP contribution in [0, 0.1) is 5.92 Å². The highest BCUT2D eigenvalue weighted by Crippen LogP contribution is 2.23. The molecular weight excluding hydrogens is 190 g/mol. The van der Waals surface area contributed by atoms with Crippen LogP contribution in [0.25, 0.3) is 0 Å². The van der Waals surface area contributed by atoms with E-state index in [4.69, 9.17) is 15.2 Å². The van der Waals surface area contributed by atoms with Gasteiger partial charge in [0.05, 0.1) is 14.2 Å². The van der Waals surface area contributed by atoms with E-state index in [1.54, 1.807) is 14.2 Å². The third kappa shape index (κ3) is 3.44. The molecule has 1 rings (SSSR count). The largest absolute Gasteiger partial charge is 0.497 e. The summed E-state index contributed by atoms with van der Waals surface area (Å²) in [6.45, 7) is 2.82. The standard InChI is InChI=1S/C12H19NO2/c1-9(8-13)4-10-5-11(14-2)7-12(6-10)15-3/h5-7,9H,4,8,13H2,1-3H3. The molecule has 0 aliphatic carbocycles. The molecule has 0 saturated carbocycles. The fourth-order valence-electron chi connectivity index (χ4n) is 1.47. The van der Waals surface area contributed by atoms with Gasteiger partial charge in [0.25, 0.3) is 0 Å². The summed E-state index contributed by atoms with van der Waals surface area (Å²) >= 11 is 0. The second-order valence-electron chi connectivity index (χ2n) is 3.77. The van der Waals surface area contributed by atoms with Gasteiger partial charge in [0.1, 0.15) is 11.5 Å². The first kappa shape index (κ1) is 11.9. The third-order valence-electron chi connectivity index (χ3n) is 2.40. The molecule has 3 heteroatoms. The molecule has 0 aliphatic rings. The van der Waals surface area contributed by atoms with Gasteiger partial charge < -0.3 is 15.2 Å². The van der Waals surface area contributed by atoms with E-state index in [0.29, 0.717) is 12.5 Å². The highest BCUT2D eigenvalue weighted by atomic mass is 16.5. The summed E-state index contributed by atoms with van der Waals surface area (Å²) in [6, 6.07) is 5.92. The average Bonchev–Trinajstić information content (AvgIpc) is 2.28. The lowest BCUT2D eigenvalue weighted by atomic mass is 10.0. The molecule has 1 unspecified atom stereocenters. The Morgan fingerprint density at radius 3 is 2.07 bits per heavy atom. The van der Waals surface area contributed by atoms with Crippen LogP contribution in [0.15, 0.2) is 18.2 Å². The molecule has 0 aromatic heterocycles. The zero-order valence-corrected chi connectivity index (χ0v) is 9.62. The Bertz CT molecular complexity index is 290. The lowest BCUT2D eigenvalue weighted by Crippen LogP contribution is -2.13. The summed E-state index contributed by atoms with van der Waals surface area (Å²) in [5.41, 5.74) is 6.80. The third-order valence-corrected chi connectivity index (χ3v) is 2.40. The van der Waals surface area contributed by atoms with Crippen LogP contribution in [0.4, 0.5) is 0 Å². The van der Waals surface area contributed by atoms with E-state index in [2.05, 4.69) is 6.92 Å².